The molecule has 16 heavy (non-hydrogen) atoms. The molecule has 88 valence electrons. The molecule has 0 spiro atoms. The van der Waals surface area contributed by atoms with Crippen LogP contribution in [0.25, 0.3) is 0 Å². The van der Waals surface area contributed by atoms with Crippen molar-refractivity contribution in [1.82, 2.24) is 5.32 Å². The van der Waals surface area contributed by atoms with E-state index < -0.39 is 8.07 Å². The van der Waals surface area contributed by atoms with Crippen molar-refractivity contribution in [2.24, 2.45) is 0 Å². The topological polar surface area (TPSA) is 12.0 Å². The Labute approximate surface area is 100 Å². The minimum absolute atomic E-state index is 0.789. The maximum absolute atomic E-state index is 3.43. The number of piperidine rings is 1. The van der Waals surface area contributed by atoms with Gasteiger partial charge in [0.1, 0.15) is 0 Å². The highest BCUT2D eigenvalue weighted by Crippen LogP contribution is 2.24. The van der Waals surface area contributed by atoms with Crippen LogP contribution in [0, 0.1) is 0 Å². The molecule has 0 radical (unpaired) electrons. The van der Waals surface area contributed by atoms with E-state index in [0.29, 0.717) is 0 Å². The molecular weight excluding hydrogens is 210 g/mol. The van der Waals surface area contributed by atoms with Crippen LogP contribution in [0.3, 0.4) is 0 Å². The summed E-state index contributed by atoms with van der Waals surface area (Å²) >= 11 is 0. The molecule has 1 aliphatic heterocycles. The maximum atomic E-state index is 3.43. The molecule has 0 saturated carbocycles. The standard InChI is InChI=1S/C14H23NSi/c1-16(2,3)14-6-4-12(5-7-14)13-8-10-15-11-9-13/h4-7,13,15H,8-11H2,1-3H3. The highest BCUT2D eigenvalue weighted by molar-refractivity contribution is 6.88. The first-order valence-electron chi connectivity index (χ1n) is 6.38. The second kappa shape index (κ2) is 4.72. The quantitative estimate of drug-likeness (QED) is 0.775. The molecule has 0 bridgehead atoms. The minimum Gasteiger partial charge on any atom is -0.317 e. The summed E-state index contributed by atoms with van der Waals surface area (Å²) < 4.78 is 0. The van der Waals surface area contributed by atoms with Gasteiger partial charge in [0.2, 0.25) is 0 Å². The number of benzene rings is 1. The van der Waals surface area contributed by atoms with E-state index in [4.69, 9.17) is 0 Å². The predicted octanol–water partition coefficient (Wildman–Crippen LogP) is 2.70. The lowest BCUT2D eigenvalue weighted by molar-refractivity contribution is 0.460. The van der Waals surface area contributed by atoms with E-state index in [1.165, 1.54) is 25.9 Å². The molecule has 1 heterocycles. The van der Waals surface area contributed by atoms with Gasteiger partial charge >= 0.3 is 0 Å². The lowest BCUT2D eigenvalue weighted by Gasteiger charge is -2.24. The summed E-state index contributed by atoms with van der Waals surface area (Å²) in [5, 5.41) is 5.00. The zero-order valence-corrected chi connectivity index (χ0v) is 11.7. The third-order valence-electron chi connectivity index (χ3n) is 3.59. The lowest BCUT2D eigenvalue weighted by atomic mass is 9.90. The fraction of sp³-hybridized carbons (Fsp3) is 0.571. The highest BCUT2D eigenvalue weighted by Gasteiger charge is 2.18. The molecule has 1 aromatic carbocycles. The van der Waals surface area contributed by atoms with Crippen LogP contribution < -0.4 is 10.5 Å². The van der Waals surface area contributed by atoms with Crippen molar-refractivity contribution in [3.05, 3.63) is 29.8 Å². The Morgan fingerprint density at radius 1 is 1.00 bits per heavy atom. The molecule has 1 N–H and O–H groups in total. The fourth-order valence-corrected chi connectivity index (χ4v) is 3.58. The molecule has 0 unspecified atom stereocenters. The van der Waals surface area contributed by atoms with Crippen molar-refractivity contribution in [1.29, 1.82) is 0 Å². The zero-order valence-electron chi connectivity index (χ0n) is 10.7. The van der Waals surface area contributed by atoms with Gasteiger partial charge in [0.25, 0.3) is 0 Å². The van der Waals surface area contributed by atoms with E-state index in [-0.39, 0.29) is 0 Å². The van der Waals surface area contributed by atoms with Gasteiger partial charge < -0.3 is 5.32 Å². The number of hydrogen-bond acceptors (Lipinski definition) is 1. The summed E-state index contributed by atoms with van der Waals surface area (Å²) in [6, 6.07) is 9.46. The molecular formula is C14H23NSi. The predicted molar refractivity (Wildman–Crippen MR) is 74.3 cm³/mol. The number of hydrogen-bond donors (Lipinski definition) is 1. The Bertz CT molecular complexity index is 331. The SMILES string of the molecule is C[Si](C)(C)c1ccc(C2CCNCC2)cc1. The average Bonchev–Trinajstić information content (AvgIpc) is 2.29. The van der Waals surface area contributed by atoms with Crippen LogP contribution in [-0.4, -0.2) is 21.2 Å². The minimum atomic E-state index is -1.12. The highest BCUT2D eigenvalue weighted by atomic mass is 28.3. The van der Waals surface area contributed by atoms with Gasteiger partial charge in [-0.05, 0) is 37.4 Å². The van der Waals surface area contributed by atoms with Crippen molar-refractivity contribution in [3.63, 3.8) is 0 Å². The molecule has 1 aliphatic rings. The molecule has 1 saturated heterocycles. The van der Waals surface area contributed by atoms with E-state index in [1.807, 2.05) is 0 Å². The van der Waals surface area contributed by atoms with Crippen molar-refractivity contribution in [3.8, 4) is 0 Å². The molecule has 0 amide bonds. The normalized spacial score (nSPS) is 18.7. The van der Waals surface area contributed by atoms with E-state index >= 15 is 0 Å². The monoisotopic (exact) mass is 233 g/mol. The van der Waals surface area contributed by atoms with Gasteiger partial charge in [-0.1, -0.05) is 49.1 Å². The average molecular weight is 233 g/mol. The first kappa shape index (κ1) is 11.9. The van der Waals surface area contributed by atoms with Gasteiger partial charge in [0, 0.05) is 0 Å². The Hall–Kier alpha value is -0.603. The van der Waals surface area contributed by atoms with Crippen LogP contribution in [0.5, 0.6) is 0 Å². The van der Waals surface area contributed by atoms with Crippen LogP contribution >= 0.6 is 0 Å². The van der Waals surface area contributed by atoms with Crippen molar-refractivity contribution < 1.29 is 0 Å². The number of rotatable bonds is 2. The summed E-state index contributed by atoms with van der Waals surface area (Å²) in [5.41, 5.74) is 1.54. The molecule has 0 aromatic heterocycles. The van der Waals surface area contributed by atoms with Gasteiger partial charge in [0.05, 0.1) is 8.07 Å². The van der Waals surface area contributed by atoms with Crippen molar-refractivity contribution in [2.75, 3.05) is 13.1 Å². The molecule has 1 fully saturated rings. The van der Waals surface area contributed by atoms with Crippen molar-refractivity contribution >= 4 is 13.3 Å². The first-order chi connectivity index (χ1) is 7.57. The Kier molecular flexibility index (Phi) is 3.50. The van der Waals surface area contributed by atoms with E-state index in [2.05, 4.69) is 49.2 Å². The molecule has 1 aromatic rings. The van der Waals surface area contributed by atoms with Gasteiger partial charge in [0.15, 0.2) is 0 Å². The van der Waals surface area contributed by atoms with E-state index in [0.717, 1.165) is 5.92 Å². The summed E-state index contributed by atoms with van der Waals surface area (Å²) in [6.07, 6.45) is 2.60. The second-order valence-electron chi connectivity index (χ2n) is 5.90. The summed E-state index contributed by atoms with van der Waals surface area (Å²) in [4.78, 5) is 0. The smallest absolute Gasteiger partial charge is 0.0775 e. The molecule has 0 aliphatic carbocycles. The van der Waals surface area contributed by atoms with E-state index in [1.54, 1.807) is 10.8 Å². The third kappa shape index (κ3) is 2.74. The Balaban J connectivity index is 2.12. The zero-order chi connectivity index (χ0) is 11.6. The van der Waals surface area contributed by atoms with Crippen LogP contribution in [0.2, 0.25) is 19.6 Å². The molecule has 0 atom stereocenters. The van der Waals surface area contributed by atoms with Crippen molar-refractivity contribution in [2.45, 2.75) is 38.4 Å². The van der Waals surface area contributed by atoms with E-state index in [9.17, 15) is 0 Å². The lowest BCUT2D eigenvalue weighted by Crippen LogP contribution is -2.37. The van der Waals surface area contributed by atoms with Gasteiger partial charge in [-0.15, -0.1) is 0 Å². The van der Waals surface area contributed by atoms with Gasteiger partial charge in [-0.25, -0.2) is 0 Å². The van der Waals surface area contributed by atoms with Crippen LogP contribution in [0.15, 0.2) is 24.3 Å². The van der Waals surface area contributed by atoms with Gasteiger partial charge in [-0.2, -0.15) is 0 Å². The van der Waals surface area contributed by atoms with Crippen LogP contribution in [-0.2, 0) is 0 Å². The van der Waals surface area contributed by atoms with Crippen LogP contribution in [0.1, 0.15) is 24.3 Å². The molecule has 2 rings (SSSR count). The second-order valence-corrected chi connectivity index (χ2v) is 11.0. The summed E-state index contributed by atoms with van der Waals surface area (Å²) in [5.74, 6) is 0.789. The Morgan fingerprint density at radius 2 is 1.56 bits per heavy atom. The summed E-state index contributed by atoms with van der Waals surface area (Å²) in [6.45, 7) is 9.59. The fourth-order valence-electron chi connectivity index (χ4n) is 2.41. The maximum Gasteiger partial charge on any atom is 0.0775 e. The summed E-state index contributed by atoms with van der Waals surface area (Å²) in [7, 11) is -1.12. The Morgan fingerprint density at radius 3 is 2.06 bits per heavy atom. The molecule has 1 nitrogen and oxygen atoms in total. The number of nitrogens with one attached hydrogen (secondary N) is 1. The van der Waals surface area contributed by atoms with Gasteiger partial charge in [-0.3, -0.25) is 0 Å². The largest absolute Gasteiger partial charge is 0.317 e. The van der Waals surface area contributed by atoms with Crippen LogP contribution in [0.4, 0.5) is 0 Å². The third-order valence-corrected chi connectivity index (χ3v) is 5.65. The first-order valence-corrected chi connectivity index (χ1v) is 9.88. The molecule has 2 heteroatoms.